The van der Waals surface area contributed by atoms with Crippen LogP contribution in [0.2, 0.25) is 0 Å². The third-order valence-electron chi connectivity index (χ3n) is 3.96. The summed E-state index contributed by atoms with van der Waals surface area (Å²) < 4.78 is 0. The second-order valence-electron chi connectivity index (χ2n) is 6.60. The van der Waals surface area contributed by atoms with Gasteiger partial charge in [0.05, 0.1) is 0 Å². The van der Waals surface area contributed by atoms with E-state index in [2.05, 4.69) is 44.3 Å². The van der Waals surface area contributed by atoms with Gasteiger partial charge in [-0.2, -0.15) is 0 Å². The highest BCUT2D eigenvalue weighted by Gasteiger charge is 2.25. The third kappa shape index (κ3) is 3.21. The minimum atomic E-state index is 0.166. The van der Waals surface area contributed by atoms with E-state index >= 15 is 0 Å². The van der Waals surface area contributed by atoms with Crippen LogP contribution in [0.5, 0.6) is 0 Å². The van der Waals surface area contributed by atoms with Crippen molar-refractivity contribution >= 4 is 11.6 Å². The Morgan fingerprint density at radius 2 is 2.10 bits per heavy atom. The molecule has 3 nitrogen and oxygen atoms in total. The number of hydrogen-bond acceptors (Lipinski definition) is 2. The fraction of sp³-hybridized carbons (Fsp3) is 0.588. The zero-order valence-corrected chi connectivity index (χ0v) is 13.1. The van der Waals surface area contributed by atoms with Gasteiger partial charge in [-0.1, -0.05) is 32.9 Å². The molecule has 0 aromatic heterocycles. The van der Waals surface area contributed by atoms with Crippen molar-refractivity contribution in [3.8, 4) is 0 Å². The lowest BCUT2D eigenvalue weighted by molar-refractivity contribution is -0.118. The number of fused-ring (bicyclic) bond motifs is 1. The molecule has 1 amide bonds. The van der Waals surface area contributed by atoms with Crippen LogP contribution in [0.15, 0.2) is 18.2 Å². The number of anilines is 1. The summed E-state index contributed by atoms with van der Waals surface area (Å²) in [5, 5.41) is 3.09. The molecule has 2 rings (SSSR count). The minimum absolute atomic E-state index is 0.166. The molecular weight excluding hydrogens is 248 g/mol. The molecule has 3 heteroatoms. The highest BCUT2D eigenvalue weighted by Crippen LogP contribution is 2.33. The van der Waals surface area contributed by atoms with E-state index in [1.165, 1.54) is 11.1 Å². The number of nitrogens with one attached hydrogen (secondary N) is 1. The largest absolute Gasteiger partial charge is 0.320 e. The third-order valence-corrected chi connectivity index (χ3v) is 3.96. The van der Waals surface area contributed by atoms with Crippen LogP contribution in [-0.4, -0.2) is 26.0 Å². The second kappa shape index (κ2) is 5.96. The van der Waals surface area contributed by atoms with Crippen molar-refractivity contribution in [2.24, 2.45) is 0 Å². The highest BCUT2D eigenvalue weighted by molar-refractivity contribution is 5.95. The summed E-state index contributed by atoms with van der Waals surface area (Å²) in [5.74, 6) is 0.252. The topological polar surface area (TPSA) is 32.3 Å². The Hall–Kier alpha value is -1.35. The molecule has 0 spiro atoms. The summed E-state index contributed by atoms with van der Waals surface area (Å²) in [5.41, 5.74) is 3.95. The van der Waals surface area contributed by atoms with Crippen molar-refractivity contribution in [1.29, 1.82) is 0 Å². The van der Waals surface area contributed by atoms with E-state index in [4.69, 9.17) is 0 Å². The average Bonchev–Trinajstić information content (AvgIpc) is 2.80. The van der Waals surface area contributed by atoms with Crippen LogP contribution < -0.4 is 10.2 Å². The number of carbonyl (C=O) groups is 1. The molecule has 20 heavy (non-hydrogen) atoms. The summed E-state index contributed by atoms with van der Waals surface area (Å²) >= 11 is 0. The quantitative estimate of drug-likeness (QED) is 0.856. The predicted octanol–water partition coefficient (Wildman–Crippen LogP) is 2.87. The van der Waals surface area contributed by atoms with Crippen LogP contribution in [0, 0.1) is 0 Å². The normalized spacial score (nSPS) is 14.5. The Morgan fingerprint density at radius 1 is 1.35 bits per heavy atom. The van der Waals surface area contributed by atoms with Crippen LogP contribution in [0.1, 0.15) is 44.7 Å². The molecule has 1 aliphatic rings. The van der Waals surface area contributed by atoms with Crippen molar-refractivity contribution in [3.63, 3.8) is 0 Å². The molecule has 1 aliphatic heterocycles. The van der Waals surface area contributed by atoms with Crippen molar-refractivity contribution in [1.82, 2.24) is 5.32 Å². The number of benzene rings is 1. The van der Waals surface area contributed by atoms with E-state index in [1.54, 1.807) is 0 Å². The number of hydrogen-bond donors (Lipinski definition) is 1. The molecule has 0 fully saturated rings. The van der Waals surface area contributed by atoms with Crippen LogP contribution in [0.4, 0.5) is 5.69 Å². The zero-order valence-electron chi connectivity index (χ0n) is 13.1. The molecule has 1 aromatic rings. The van der Waals surface area contributed by atoms with Crippen LogP contribution in [0.3, 0.4) is 0 Å². The maximum atomic E-state index is 12.3. The van der Waals surface area contributed by atoms with E-state index in [0.29, 0.717) is 6.42 Å². The van der Waals surface area contributed by atoms with Gasteiger partial charge in [-0.05, 0) is 49.0 Å². The molecule has 1 N–H and O–H groups in total. The summed E-state index contributed by atoms with van der Waals surface area (Å²) in [7, 11) is 1.92. The summed E-state index contributed by atoms with van der Waals surface area (Å²) in [6.45, 7) is 8.41. The number of nitrogens with zero attached hydrogens (tertiary/aromatic N) is 1. The predicted molar refractivity (Wildman–Crippen MR) is 84.4 cm³/mol. The molecule has 0 saturated carbocycles. The van der Waals surface area contributed by atoms with Crippen LogP contribution in [-0.2, 0) is 16.6 Å². The van der Waals surface area contributed by atoms with Crippen molar-refractivity contribution in [3.05, 3.63) is 29.3 Å². The maximum Gasteiger partial charge on any atom is 0.227 e. The van der Waals surface area contributed by atoms with Gasteiger partial charge in [0.2, 0.25) is 5.91 Å². The van der Waals surface area contributed by atoms with Gasteiger partial charge in [-0.3, -0.25) is 4.79 Å². The monoisotopic (exact) mass is 274 g/mol. The summed E-state index contributed by atoms with van der Waals surface area (Å²) in [4.78, 5) is 14.2. The Bertz CT molecular complexity index is 488. The summed E-state index contributed by atoms with van der Waals surface area (Å²) in [6.07, 6.45) is 2.51. The van der Waals surface area contributed by atoms with Crippen LogP contribution >= 0.6 is 0 Å². The standard InChI is InChI=1S/C17H26N2O/c1-17(2,3)14-7-8-15-13(12-14)9-11-19(15)16(20)6-5-10-18-4/h7-8,12,18H,5-6,9-11H2,1-4H3. The Kier molecular flexibility index (Phi) is 4.48. The van der Waals surface area contributed by atoms with Crippen LogP contribution in [0.25, 0.3) is 0 Å². The van der Waals surface area contributed by atoms with E-state index in [1.807, 2.05) is 11.9 Å². The molecule has 1 aromatic carbocycles. The van der Waals surface area contributed by atoms with Gasteiger partial charge in [0.25, 0.3) is 0 Å². The average molecular weight is 274 g/mol. The van der Waals surface area contributed by atoms with Gasteiger partial charge in [0.15, 0.2) is 0 Å². The molecule has 0 unspecified atom stereocenters. The fourth-order valence-electron chi connectivity index (χ4n) is 2.68. The van der Waals surface area contributed by atoms with Gasteiger partial charge in [0, 0.05) is 18.7 Å². The van der Waals surface area contributed by atoms with Crippen molar-refractivity contribution in [2.45, 2.75) is 45.4 Å². The molecular formula is C17H26N2O. The van der Waals surface area contributed by atoms with E-state index in [-0.39, 0.29) is 11.3 Å². The van der Waals surface area contributed by atoms with Gasteiger partial charge in [-0.15, -0.1) is 0 Å². The molecule has 110 valence electrons. The number of carbonyl (C=O) groups excluding carboxylic acids is 1. The van der Waals surface area contributed by atoms with Gasteiger partial charge < -0.3 is 10.2 Å². The van der Waals surface area contributed by atoms with Crippen molar-refractivity contribution in [2.75, 3.05) is 25.0 Å². The fourth-order valence-corrected chi connectivity index (χ4v) is 2.68. The molecule has 0 atom stereocenters. The first-order chi connectivity index (χ1) is 9.43. The smallest absolute Gasteiger partial charge is 0.227 e. The lowest BCUT2D eigenvalue weighted by Gasteiger charge is -2.21. The first kappa shape index (κ1) is 15.0. The lowest BCUT2D eigenvalue weighted by atomic mass is 9.86. The molecule has 1 heterocycles. The van der Waals surface area contributed by atoms with E-state index < -0.39 is 0 Å². The van der Waals surface area contributed by atoms with Gasteiger partial charge in [0.1, 0.15) is 0 Å². The minimum Gasteiger partial charge on any atom is -0.320 e. The highest BCUT2D eigenvalue weighted by atomic mass is 16.2. The first-order valence-electron chi connectivity index (χ1n) is 7.52. The number of rotatable bonds is 4. The molecule has 0 radical (unpaired) electrons. The van der Waals surface area contributed by atoms with Gasteiger partial charge >= 0.3 is 0 Å². The first-order valence-corrected chi connectivity index (χ1v) is 7.52. The van der Waals surface area contributed by atoms with E-state index in [9.17, 15) is 4.79 Å². The Morgan fingerprint density at radius 3 is 2.75 bits per heavy atom. The Labute approximate surface area is 122 Å². The van der Waals surface area contributed by atoms with E-state index in [0.717, 1.165) is 31.6 Å². The maximum absolute atomic E-state index is 12.3. The second-order valence-corrected chi connectivity index (χ2v) is 6.60. The molecule has 0 aliphatic carbocycles. The Balaban J connectivity index is 2.11. The van der Waals surface area contributed by atoms with Crippen molar-refractivity contribution < 1.29 is 4.79 Å². The van der Waals surface area contributed by atoms with Gasteiger partial charge in [-0.25, -0.2) is 0 Å². The lowest BCUT2D eigenvalue weighted by Crippen LogP contribution is -2.29. The number of amides is 1. The zero-order chi connectivity index (χ0) is 14.8. The SMILES string of the molecule is CNCCCC(=O)N1CCc2cc(C(C)(C)C)ccc21. The summed E-state index contributed by atoms with van der Waals surface area (Å²) in [6, 6.07) is 6.56. The molecule has 0 saturated heterocycles. The molecule has 0 bridgehead atoms.